The van der Waals surface area contributed by atoms with Crippen molar-refractivity contribution in [2.75, 3.05) is 0 Å². The van der Waals surface area contributed by atoms with E-state index in [4.69, 9.17) is 9.84 Å². The predicted octanol–water partition coefficient (Wildman–Crippen LogP) is 1.44. The molecule has 1 saturated carbocycles. The maximum atomic E-state index is 11.3. The highest BCUT2D eigenvalue weighted by molar-refractivity contribution is 5.67. The average Bonchev–Trinajstić information content (AvgIpc) is 2.26. The molecule has 16 heavy (non-hydrogen) atoms. The summed E-state index contributed by atoms with van der Waals surface area (Å²) in [5, 5.41) is 11.7. The largest absolute Gasteiger partial charge is 0.445 e. The summed E-state index contributed by atoms with van der Waals surface area (Å²) in [5.74, 6) is 0. The van der Waals surface area contributed by atoms with Crippen LogP contribution < -0.4 is 5.32 Å². The molecule has 0 radical (unpaired) electrons. The van der Waals surface area contributed by atoms with E-state index in [0.717, 1.165) is 5.56 Å². The second-order valence-electron chi connectivity index (χ2n) is 4.03. The smallest absolute Gasteiger partial charge is 0.407 e. The first-order valence-electron chi connectivity index (χ1n) is 5.39. The Morgan fingerprint density at radius 2 is 2.06 bits per heavy atom. The van der Waals surface area contributed by atoms with E-state index in [9.17, 15) is 4.79 Å². The fourth-order valence-electron chi connectivity index (χ4n) is 1.64. The number of hydrogen-bond donors (Lipinski definition) is 2. The van der Waals surface area contributed by atoms with Crippen molar-refractivity contribution in [3.05, 3.63) is 35.9 Å². The van der Waals surface area contributed by atoms with Crippen LogP contribution in [-0.4, -0.2) is 23.3 Å². The molecular weight excluding hydrogens is 206 g/mol. The van der Waals surface area contributed by atoms with Crippen molar-refractivity contribution in [1.82, 2.24) is 5.32 Å². The number of aliphatic hydroxyl groups is 1. The van der Waals surface area contributed by atoms with Crippen molar-refractivity contribution in [1.29, 1.82) is 0 Å². The summed E-state index contributed by atoms with van der Waals surface area (Å²) in [7, 11) is 0. The second kappa shape index (κ2) is 4.99. The lowest BCUT2D eigenvalue weighted by Crippen LogP contribution is -2.46. The Kier molecular flexibility index (Phi) is 3.41. The minimum atomic E-state index is -0.416. The summed E-state index contributed by atoms with van der Waals surface area (Å²) in [6.07, 6.45) is 0.570. The molecule has 1 fully saturated rings. The third-order valence-electron chi connectivity index (χ3n) is 2.65. The van der Waals surface area contributed by atoms with E-state index in [1.165, 1.54) is 0 Å². The van der Waals surface area contributed by atoms with Crippen LogP contribution in [0.2, 0.25) is 0 Å². The van der Waals surface area contributed by atoms with Crippen molar-refractivity contribution >= 4 is 6.09 Å². The lowest BCUT2D eigenvalue weighted by Gasteiger charge is -2.31. The summed E-state index contributed by atoms with van der Waals surface area (Å²) in [4.78, 5) is 11.3. The maximum Gasteiger partial charge on any atom is 0.407 e. The minimum absolute atomic E-state index is 0.0678. The standard InChI is InChI=1S/C12H15NO3/c14-11-6-10(7-11)13-12(15)16-8-9-4-2-1-3-5-9/h1-5,10-11,14H,6-8H2,(H,13,15). The van der Waals surface area contributed by atoms with Crippen LogP contribution in [0.5, 0.6) is 0 Å². The third-order valence-corrected chi connectivity index (χ3v) is 2.65. The maximum absolute atomic E-state index is 11.3. The van der Waals surface area contributed by atoms with Gasteiger partial charge in [0.05, 0.1) is 6.10 Å². The zero-order valence-electron chi connectivity index (χ0n) is 8.93. The number of carbonyl (C=O) groups is 1. The first-order valence-corrected chi connectivity index (χ1v) is 5.39. The summed E-state index contributed by atoms with van der Waals surface area (Å²) in [5.41, 5.74) is 0.964. The fraction of sp³-hybridized carbons (Fsp3) is 0.417. The Morgan fingerprint density at radius 3 is 2.69 bits per heavy atom. The normalized spacial score (nSPS) is 23.3. The number of hydrogen-bond acceptors (Lipinski definition) is 3. The summed E-state index contributed by atoms with van der Waals surface area (Å²) in [6, 6.07) is 9.59. The van der Waals surface area contributed by atoms with Crippen LogP contribution in [0.25, 0.3) is 0 Å². The molecule has 86 valence electrons. The molecule has 0 saturated heterocycles. The zero-order chi connectivity index (χ0) is 11.4. The Labute approximate surface area is 94.2 Å². The molecule has 1 aromatic rings. The van der Waals surface area contributed by atoms with Crippen molar-refractivity contribution in [2.24, 2.45) is 0 Å². The molecule has 0 unspecified atom stereocenters. The number of benzene rings is 1. The van der Waals surface area contributed by atoms with Crippen molar-refractivity contribution < 1.29 is 14.6 Å². The SMILES string of the molecule is O=C(NC1CC(O)C1)OCc1ccccc1. The molecule has 2 N–H and O–H groups in total. The number of carbonyl (C=O) groups excluding carboxylic acids is 1. The van der Waals surface area contributed by atoms with Crippen LogP contribution in [0.4, 0.5) is 4.79 Å². The molecule has 1 aromatic carbocycles. The molecule has 4 heteroatoms. The van der Waals surface area contributed by atoms with Crippen LogP contribution in [0.1, 0.15) is 18.4 Å². The Hall–Kier alpha value is -1.55. The molecule has 2 rings (SSSR count). The summed E-state index contributed by atoms with van der Waals surface area (Å²) < 4.78 is 5.04. The first kappa shape index (κ1) is 11.0. The minimum Gasteiger partial charge on any atom is -0.445 e. The van der Waals surface area contributed by atoms with Gasteiger partial charge in [-0.2, -0.15) is 0 Å². The molecule has 1 aliphatic carbocycles. The highest BCUT2D eigenvalue weighted by atomic mass is 16.5. The lowest BCUT2D eigenvalue weighted by atomic mass is 9.90. The van der Waals surface area contributed by atoms with Crippen molar-refractivity contribution in [3.8, 4) is 0 Å². The predicted molar refractivity (Wildman–Crippen MR) is 58.8 cm³/mol. The highest BCUT2D eigenvalue weighted by Crippen LogP contribution is 2.19. The van der Waals surface area contributed by atoms with Crippen LogP contribution in [0.3, 0.4) is 0 Å². The van der Waals surface area contributed by atoms with E-state index >= 15 is 0 Å². The molecule has 0 bridgehead atoms. The lowest BCUT2D eigenvalue weighted by molar-refractivity contribution is 0.0568. The molecular formula is C12H15NO3. The van der Waals surface area contributed by atoms with Gasteiger partial charge in [0.15, 0.2) is 0 Å². The summed E-state index contributed by atoms with van der Waals surface area (Å²) >= 11 is 0. The molecule has 0 aliphatic heterocycles. The van der Waals surface area contributed by atoms with Crippen LogP contribution in [-0.2, 0) is 11.3 Å². The Morgan fingerprint density at radius 1 is 1.38 bits per heavy atom. The molecule has 4 nitrogen and oxygen atoms in total. The number of rotatable bonds is 3. The Bertz CT molecular complexity index is 347. The van der Waals surface area contributed by atoms with Gasteiger partial charge in [-0.3, -0.25) is 0 Å². The van der Waals surface area contributed by atoms with Crippen molar-refractivity contribution in [2.45, 2.75) is 31.6 Å². The average molecular weight is 221 g/mol. The van der Waals surface area contributed by atoms with Crippen LogP contribution in [0.15, 0.2) is 30.3 Å². The number of amides is 1. The summed E-state index contributed by atoms with van der Waals surface area (Å²) in [6.45, 7) is 0.280. The molecule has 0 heterocycles. The van der Waals surface area contributed by atoms with Gasteiger partial charge in [0.25, 0.3) is 0 Å². The van der Waals surface area contributed by atoms with Crippen LogP contribution >= 0.6 is 0 Å². The highest BCUT2D eigenvalue weighted by Gasteiger charge is 2.28. The van der Waals surface area contributed by atoms with E-state index in [1.54, 1.807) is 0 Å². The van der Waals surface area contributed by atoms with E-state index in [1.807, 2.05) is 30.3 Å². The molecule has 0 atom stereocenters. The number of ether oxygens (including phenoxy) is 1. The van der Waals surface area contributed by atoms with Crippen LogP contribution in [0, 0.1) is 0 Å². The van der Waals surface area contributed by atoms with Gasteiger partial charge in [-0.25, -0.2) is 4.79 Å². The van der Waals surface area contributed by atoms with Gasteiger partial charge in [-0.15, -0.1) is 0 Å². The van der Waals surface area contributed by atoms with E-state index in [-0.39, 0.29) is 18.8 Å². The fourth-order valence-corrected chi connectivity index (χ4v) is 1.64. The molecule has 1 aliphatic rings. The molecule has 0 aromatic heterocycles. The monoisotopic (exact) mass is 221 g/mol. The quantitative estimate of drug-likeness (QED) is 0.811. The number of aliphatic hydroxyl groups excluding tert-OH is 1. The van der Waals surface area contributed by atoms with Gasteiger partial charge >= 0.3 is 6.09 Å². The zero-order valence-corrected chi connectivity index (χ0v) is 8.93. The van der Waals surface area contributed by atoms with E-state index in [0.29, 0.717) is 12.8 Å². The Balaban J connectivity index is 1.68. The van der Waals surface area contributed by atoms with Crippen molar-refractivity contribution in [3.63, 3.8) is 0 Å². The third kappa shape index (κ3) is 2.97. The van der Waals surface area contributed by atoms with E-state index in [2.05, 4.69) is 5.32 Å². The topological polar surface area (TPSA) is 58.6 Å². The van der Waals surface area contributed by atoms with Gasteiger partial charge < -0.3 is 15.2 Å². The number of alkyl carbamates (subject to hydrolysis) is 1. The molecule has 1 amide bonds. The van der Waals surface area contributed by atoms with Gasteiger partial charge in [0.2, 0.25) is 0 Å². The van der Waals surface area contributed by atoms with Gasteiger partial charge in [-0.05, 0) is 18.4 Å². The number of nitrogens with one attached hydrogen (secondary N) is 1. The van der Waals surface area contributed by atoms with Gasteiger partial charge in [-0.1, -0.05) is 30.3 Å². The van der Waals surface area contributed by atoms with E-state index < -0.39 is 6.09 Å². The van der Waals surface area contributed by atoms with Gasteiger partial charge in [0.1, 0.15) is 6.61 Å². The second-order valence-corrected chi connectivity index (χ2v) is 4.03. The first-order chi connectivity index (χ1) is 7.74. The molecule has 0 spiro atoms. The van der Waals surface area contributed by atoms with Gasteiger partial charge in [0, 0.05) is 6.04 Å².